The number of nitrogens with one attached hydrogen (secondary N) is 1. The Morgan fingerprint density at radius 2 is 1.97 bits per heavy atom. The number of amidine groups is 1. The van der Waals surface area contributed by atoms with E-state index in [1.54, 1.807) is 0 Å². The topological polar surface area (TPSA) is 78.8 Å². The van der Waals surface area contributed by atoms with Gasteiger partial charge in [-0.15, -0.1) is 0 Å². The first-order chi connectivity index (χ1) is 15.4. The molecule has 2 atom stereocenters. The van der Waals surface area contributed by atoms with Gasteiger partial charge in [0.05, 0.1) is 17.5 Å². The molecule has 6 nitrogen and oxygen atoms in total. The van der Waals surface area contributed by atoms with Crippen LogP contribution in [0.1, 0.15) is 27.9 Å². The number of carbonyl (C=O) groups excluding carboxylic acids is 1. The summed E-state index contributed by atoms with van der Waals surface area (Å²) < 4.78 is 23.6. The third-order valence-electron chi connectivity index (χ3n) is 6.19. The molecule has 3 heterocycles. The highest BCUT2D eigenvalue weighted by molar-refractivity contribution is 8.15. The van der Waals surface area contributed by atoms with Gasteiger partial charge in [0.25, 0.3) is 5.91 Å². The molecule has 2 aromatic rings. The molecule has 1 saturated heterocycles. The second-order valence-corrected chi connectivity index (χ2v) is 11.9. The Morgan fingerprint density at radius 3 is 2.69 bits per heavy atom. The van der Waals surface area contributed by atoms with Crippen LogP contribution in [-0.2, 0) is 9.84 Å². The minimum atomic E-state index is -2.97. The van der Waals surface area contributed by atoms with Crippen molar-refractivity contribution < 1.29 is 13.2 Å². The van der Waals surface area contributed by atoms with Crippen molar-refractivity contribution in [3.05, 3.63) is 71.3 Å². The number of carbonyl (C=O) groups is 1. The number of thioether (sulfide) groups is 1. The van der Waals surface area contributed by atoms with Crippen LogP contribution >= 0.6 is 11.8 Å². The Kier molecular flexibility index (Phi) is 5.59. The Labute approximate surface area is 192 Å². The van der Waals surface area contributed by atoms with Crippen LogP contribution in [0.3, 0.4) is 0 Å². The maximum atomic E-state index is 13.1. The molecule has 0 radical (unpaired) electrons. The summed E-state index contributed by atoms with van der Waals surface area (Å²) in [5.41, 5.74) is 4.99. The molecule has 1 fully saturated rings. The Morgan fingerprint density at radius 1 is 1.16 bits per heavy atom. The van der Waals surface area contributed by atoms with E-state index < -0.39 is 9.84 Å². The fourth-order valence-electron chi connectivity index (χ4n) is 4.37. The van der Waals surface area contributed by atoms with Crippen molar-refractivity contribution in [3.8, 4) is 0 Å². The van der Waals surface area contributed by atoms with E-state index in [0.717, 1.165) is 22.8 Å². The van der Waals surface area contributed by atoms with Crippen LogP contribution in [0.2, 0.25) is 0 Å². The number of aryl methyl sites for hydroxylation is 1. The summed E-state index contributed by atoms with van der Waals surface area (Å²) in [5, 5.41) is 4.05. The molecule has 0 aliphatic carbocycles. The standard InChI is InChI=1S/C24H25N3O3S2/c1-16-7-8-19(13-20(16)25-24-26-21-14-32(29,30)15-22(21)31-24)23(28)27-11-9-18(10-12-27)17-5-3-2-4-6-17/h2-9,13,21-22H,10-12,14-15H2,1H3,(H,25,26)/t21-,22-/m1/s1. The maximum absolute atomic E-state index is 13.1. The maximum Gasteiger partial charge on any atom is 0.254 e. The van der Waals surface area contributed by atoms with E-state index in [4.69, 9.17) is 0 Å². The largest absolute Gasteiger partial charge is 0.335 e. The molecular formula is C24H25N3O3S2. The average molecular weight is 468 g/mol. The number of amides is 1. The molecule has 0 aromatic heterocycles. The summed E-state index contributed by atoms with van der Waals surface area (Å²) in [5.74, 6) is 0.323. The number of aliphatic imine (C=N–C) groups is 1. The van der Waals surface area contributed by atoms with Crippen LogP contribution < -0.4 is 5.32 Å². The van der Waals surface area contributed by atoms with Crippen molar-refractivity contribution in [2.24, 2.45) is 4.99 Å². The van der Waals surface area contributed by atoms with Crippen LogP contribution in [0.5, 0.6) is 0 Å². The van der Waals surface area contributed by atoms with E-state index in [-0.39, 0.29) is 28.7 Å². The first kappa shape index (κ1) is 21.3. The van der Waals surface area contributed by atoms with Crippen LogP contribution in [0.15, 0.2) is 59.6 Å². The van der Waals surface area contributed by atoms with Crippen molar-refractivity contribution in [1.82, 2.24) is 4.90 Å². The normalized spacial score (nSPS) is 24.0. The molecule has 0 unspecified atom stereocenters. The molecule has 8 heteroatoms. The molecule has 1 N–H and O–H groups in total. The number of rotatable bonds is 3. The second-order valence-electron chi connectivity index (χ2n) is 8.49. The highest BCUT2D eigenvalue weighted by Crippen LogP contribution is 2.35. The van der Waals surface area contributed by atoms with Crippen molar-refractivity contribution in [2.45, 2.75) is 24.6 Å². The van der Waals surface area contributed by atoms with E-state index in [1.165, 1.54) is 22.9 Å². The summed E-state index contributed by atoms with van der Waals surface area (Å²) in [6.07, 6.45) is 2.98. The molecule has 0 spiro atoms. The predicted molar refractivity (Wildman–Crippen MR) is 131 cm³/mol. The fourth-order valence-corrected chi connectivity index (χ4v) is 8.04. The molecule has 0 saturated carbocycles. The summed E-state index contributed by atoms with van der Waals surface area (Å²) >= 11 is 1.48. The van der Waals surface area contributed by atoms with Gasteiger partial charge in [-0.05, 0) is 42.2 Å². The van der Waals surface area contributed by atoms with Gasteiger partial charge < -0.3 is 10.2 Å². The van der Waals surface area contributed by atoms with Gasteiger partial charge in [-0.2, -0.15) is 0 Å². The molecule has 3 aliphatic rings. The average Bonchev–Trinajstić information content (AvgIpc) is 3.28. The number of hydrogen-bond donors (Lipinski definition) is 1. The van der Waals surface area contributed by atoms with E-state index in [2.05, 4.69) is 28.5 Å². The Bertz CT molecular complexity index is 1220. The SMILES string of the molecule is Cc1ccc(C(=O)N2CC=C(c3ccccc3)CC2)cc1NC1=N[C@@H]2CS(=O)(=O)C[C@H]2S1. The number of fused-ring (bicyclic) bond motifs is 1. The number of anilines is 1. The Balaban J connectivity index is 1.28. The lowest BCUT2D eigenvalue weighted by Crippen LogP contribution is -2.34. The van der Waals surface area contributed by atoms with Gasteiger partial charge in [0.1, 0.15) is 0 Å². The minimum Gasteiger partial charge on any atom is -0.335 e. The third-order valence-corrected chi connectivity index (χ3v) is 9.33. The zero-order valence-electron chi connectivity index (χ0n) is 17.8. The zero-order valence-corrected chi connectivity index (χ0v) is 19.5. The van der Waals surface area contributed by atoms with Gasteiger partial charge in [0, 0.05) is 29.6 Å². The van der Waals surface area contributed by atoms with E-state index in [9.17, 15) is 13.2 Å². The van der Waals surface area contributed by atoms with Gasteiger partial charge in [-0.1, -0.05) is 54.2 Å². The number of benzene rings is 2. The highest BCUT2D eigenvalue weighted by Gasteiger charge is 2.42. The van der Waals surface area contributed by atoms with Crippen molar-refractivity contribution in [1.29, 1.82) is 0 Å². The van der Waals surface area contributed by atoms with Gasteiger partial charge in [0.15, 0.2) is 15.0 Å². The lowest BCUT2D eigenvalue weighted by Gasteiger charge is -2.27. The van der Waals surface area contributed by atoms with E-state index in [1.807, 2.05) is 48.2 Å². The lowest BCUT2D eigenvalue weighted by molar-refractivity contribution is 0.0773. The van der Waals surface area contributed by atoms with Crippen LogP contribution in [-0.4, -0.2) is 60.3 Å². The van der Waals surface area contributed by atoms with Gasteiger partial charge in [-0.3, -0.25) is 9.79 Å². The van der Waals surface area contributed by atoms with Gasteiger partial charge in [0.2, 0.25) is 0 Å². The number of nitrogens with zero attached hydrogens (tertiary/aromatic N) is 2. The Hall–Kier alpha value is -2.58. The second kappa shape index (κ2) is 8.41. The highest BCUT2D eigenvalue weighted by atomic mass is 32.2. The predicted octanol–water partition coefficient (Wildman–Crippen LogP) is 3.60. The molecule has 0 bridgehead atoms. The number of hydrogen-bond acceptors (Lipinski definition) is 6. The summed E-state index contributed by atoms with van der Waals surface area (Å²) in [6, 6.07) is 15.8. The van der Waals surface area contributed by atoms with Crippen molar-refractivity contribution in [2.75, 3.05) is 29.9 Å². The van der Waals surface area contributed by atoms with E-state index in [0.29, 0.717) is 18.7 Å². The van der Waals surface area contributed by atoms with Crippen molar-refractivity contribution >= 4 is 43.9 Å². The molecule has 32 heavy (non-hydrogen) atoms. The van der Waals surface area contributed by atoms with Gasteiger partial charge >= 0.3 is 0 Å². The van der Waals surface area contributed by atoms with E-state index >= 15 is 0 Å². The first-order valence-electron chi connectivity index (χ1n) is 10.7. The van der Waals surface area contributed by atoms with Crippen LogP contribution in [0.25, 0.3) is 5.57 Å². The van der Waals surface area contributed by atoms with Crippen LogP contribution in [0, 0.1) is 6.92 Å². The van der Waals surface area contributed by atoms with Crippen molar-refractivity contribution in [3.63, 3.8) is 0 Å². The summed E-state index contributed by atoms with van der Waals surface area (Å²) in [4.78, 5) is 19.6. The summed E-state index contributed by atoms with van der Waals surface area (Å²) in [6.45, 7) is 3.27. The lowest BCUT2D eigenvalue weighted by atomic mass is 9.99. The minimum absolute atomic E-state index is 0.00781. The van der Waals surface area contributed by atoms with Gasteiger partial charge in [-0.25, -0.2) is 8.42 Å². The molecule has 166 valence electrons. The first-order valence-corrected chi connectivity index (χ1v) is 13.4. The zero-order chi connectivity index (χ0) is 22.3. The molecular weight excluding hydrogens is 442 g/mol. The third kappa shape index (κ3) is 4.34. The monoisotopic (exact) mass is 467 g/mol. The van der Waals surface area contributed by atoms with Crippen LogP contribution in [0.4, 0.5) is 5.69 Å². The molecule has 1 amide bonds. The fraction of sp³-hybridized carbons (Fsp3) is 0.333. The molecule has 3 aliphatic heterocycles. The summed E-state index contributed by atoms with van der Waals surface area (Å²) in [7, 11) is -2.97. The molecule has 5 rings (SSSR count). The number of sulfone groups is 1. The quantitative estimate of drug-likeness (QED) is 0.746. The molecule has 2 aromatic carbocycles. The smallest absolute Gasteiger partial charge is 0.254 e.